The van der Waals surface area contributed by atoms with E-state index in [1.807, 2.05) is 0 Å². The zero-order valence-electron chi connectivity index (χ0n) is 13.2. The van der Waals surface area contributed by atoms with Gasteiger partial charge in [-0.05, 0) is 22.0 Å². The van der Waals surface area contributed by atoms with Gasteiger partial charge in [-0.2, -0.15) is 0 Å². The van der Waals surface area contributed by atoms with Gasteiger partial charge in [0.2, 0.25) is 0 Å². The fourth-order valence-corrected chi connectivity index (χ4v) is 3.15. The molecule has 2 rings (SSSR count). The van der Waals surface area contributed by atoms with Crippen molar-refractivity contribution in [3.63, 3.8) is 0 Å². The van der Waals surface area contributed by atoms with Crippen LogP contribution in [-0.4, -0.2) is 46.6 Å². The second kappa shape index (κ2) is 7.87. The summed E-state index contributed by atoms with van der Waals surface area (Å²) in [7, 11) is 3.93. The Morgan fingerprint density at radius 3 is 2.46 bits per heavy atom. The SMILES string of the molecule is COC(=O)C1=C(C(=O)OC)N(c2cc(OC)c(Cl)cc2Br)COC1. The van der Waals surface area contributed by atoms with E-state index in [0.29, 0.717) is 20.9 Å². The van der Waals surface area contributed by atoms with Gasteiger partial charge in [0.15, 0.2) is 0 Å². The van der Waals surface area contributed by atoms with Gasteiger partial charge >= 0.3 is 11.9 Å². The van der Waals surface area contributed by atoms with Gasteiger partial charge in [0.25, 0.3) is 0 Å². The fourth-order valence-electron chi connectivity index (χ4n) is 2.22. The standard InChI is InChI=1S/C15H15BrClNO6/c1-21-12-5-11(9(16)4-10(12)17)18-7-24-6-8(14(19)22-2)13(18)15(20)23-3/h4-5H,6-7H2,1-3H3. The van der Waals surface area contributed by atoms with E-state index in [9.17, 15) is 9.59 Å². The third-order valence-corrected chi connectivity index (χ3v) is 4.28. The molecule has 7 nitrogen and oxygen atoms in total. The van der Waals surface area contributed by atoms with E-state index in [1.165, 1.54) is 26.2 Å². The van der Waals surface area contributed by atoms with Crippen molar-refractivity contribution in [3.05, 3.63) is 32.9 Å². The molecule has 1 aliphatic rings. The molecule has 0 saturated heterocycles. The van der Waals surface area contributed by atoms with E-state index in [1.54, 1.807) is 12.1 Å². The van der Waals surface area contributed by atoms with E-state index < -0.39 is 11.9 Å². The van der Waals surface area contributed by atoms with E-state index in [2.05, 4.69) is 15.9 Å². The number of carbonyl (C=O) groups is 2. The lowest BCUT2D eigenvalue weighted by atomic mass is 10.1. The van der Waals surface area contributed by atoms with Crippen LogP contribution in [0.4, 0.5) is 5.69 Å². The highest BCUT2D eigenvalue weighted by Crippen LogP contribution is 2.39. The van der Waals surface area contributed by atoms with Crippen LogP contribution >= 0.6 is 27.5 Å². The minimum absolute atomic E-state index is 0.0360. The molecule has 0 spiro atoms. The maximum atomic E-state index is 12.3. The van der Waals surface area contributed by atoms with Gasteiger partial charge < -0.3 is 23.8 Å². The van der Waals surface area contributed by atoms with Gasteiger partial charge in [0.1, 0.15) is 18.2 Å². The van der Waals surface area contributed by atoms with Crippen molar-refractivity contribution >= 4 is 45.2 Å². The first kappa shape index (κ1) is 18.6. The van der Waals surface area contributed by atoms with Crippen LogP contribution in [0.5, 0.6) is 5.75 Å². The van der Waals surface area contributed by atoms with Crippen LogP contribution in [0.3, 0.4) is 0 Å². The third kappa shape index (κ3) is 3.50. The molecule has 0 saturated carbocycles. The summed E-state index contributed by atoms with van der Waals surface area (Å²) < 4.78 is 20.7. The Morgan fingerprint density at radius 2 is 1.88 bits per heavy atom. The van der Waals surface area contributed by atoms with Crippen LogP contribution in [0.1, 0.15) is 0 Å². The summed E-state index contributed by atoms with van der Waals surface area (Å²) >= 11 is 9.48. The summed E-state index contributed by atoms with van der Waals surface area (Å²) in [5, 5.41) is 0.392. The number of hydrogen-bond donors (Lipinski definition) is 0. The van der Waals surface area contributed by atoms with Gasteiger partial charge in [-0.15, -0.1) is 0 Å². The number of methoxy groups -OCH3 is 3. The first-order valence-electron chi connectivity index (χ1n) is 6.72. The van der Waals surface area contributed by atoms with E-state index in [0.717, 1.165) is 0 Å². The van der Waals surface area contributed by atoms with Crippen molar-refractivity contribution in [1.82, 2.24) is 0 Å². The minimum atomic E-state index is -0.681. The molecule has 0 aliphatic carbocycles. The van der Waals surface area contributed by atoms with Crippen molar-refractivity contribution in [2.75, 3.05) is 39.6 Å². The average molecular weight is 421 g/mol. The molecule has 9 heteroatoms. The van der Waals surface area contributed by atoms with Crippen LogP contribution in [0.25, 0.3) is 0 Å². The van der Waals surface area contributed by atoms with Crippen molar-refractivity contribution < 1.29 is 28.5 Å². The molecule has 0 N–H and O–H groups in total. The van der Waals surface area contributed by atoms with Gasteiger partial charge in [0, 0.05) is 10.5 Å². The molecule has 0 amide bonds. The zero-order valence-corrected chi connectivity index (χ0v) is 15.6. The molecule has 1 aromatic carbocycles. The molecule has 130 valence electrons. The number of halogens is 2. The number of esters is 2. The average Bonchev–Trinajstić information content (AvgIpc) is 2.60. The normalized spacial score (nSPS) is 14.5. The summed E-state index contributed by atoms with van der Waals surface area (Å²) in [6.07, 6.45) is 0. The smallest absolute Gasteiger partial charge is 0.355 e. The minimum Gasteiger partial charge on any atom is -0.495 e. The molecule has 0 bridgehead atoms. The van der Waals surface area contributed by atoms with Gasteiger partial charge in [-0.3, -0.25) is 0 Å². The third-order valence-electron chi connectivity index (χ3n) is 3.35. The molecule has 0 fully saturated rings. The predicted octanol–water partition coefficient (Wildman–Crippen LogP) is 2.51. The number of ether oxygens (including phenoxy) is 4. The Bertz CT molecular complexity index is 705. The van der Waals surface area contributed by atoms with E-state index in [4.69, 9.17) is 30.5 Å². The largest absolute Gasteiger partial charge is 0.495 e. The molecule has 1 heterocycles. The van der Waals surface area contributed by atoms with Crippen LogP contribution in [0, 0.1) is 0 Å². The Balaban J connectivity index is 2.63. The van der Waals surface area contributed by atoms with Crippen LogP contribution in [0.2, 0.25) is 5.02 Å². The molecular weight excluding hydrogens is 406 g/mol. The van der Waals surface area contributed by atoms with E-state index in [-0.39, 0.29) is 24.6 Å². The number of hydrogen-bond acceptors (Lipinski definition) is 7. The number of rotatable bonds is 4. The van der Waals surface area contributed by atoms with Gasteiger partial charge in [0.05, 0.1) is 44.2 Å². The molecular formula is C15H15BrClNO6. The maximum Gasteiger partial charge on any atom is 0.355 e. The van der Waals surface area contributed by atoms with Crippen LogP contribution in [-0.2, 0) is 23.8 Å². The van der Waals surface area contributed by atoms with Crippen molar-refractivity contribution in [2.45, 2.75) is 0 Å². The summed E-state index contributed by atoms with van der Waals surface area (Å²) in [5.41, 5.74) is 0.634. The Morgan fingerprint density at radius 1 is 1.21 bits per heavy atom. The fraction of sp³-hybridized carbons (Fsp3) is 0.333. The molecule has 1 aliphatic heterocycles. The quantitative estimate of drug-likeness (QED) is 0.693. The maximum absolute atomic E-state index is 12.3. The highest BCUT2D eigenvalue weighted by atomic mass is 79.9. The molecule has 0 aromatic heterocycles. The predicted molar refractivity (Wildman–Crippen MR) is 90.1 cm³/mol. The van der Waals surface area contributed by atoms with Crippen LogP contribution < -0.4 is 9.64 Å². The summed E-state index contributed by atoms with van der Waals surface area (Å²) in [4.78, 5) is 25.7. The molecule has 24 heavy (non-hydrogen) atoms. The first-order chi connectivity index (χ1) is 11.4. The Hall–Kier alpha value is -1.77. The first-order valence-corrected chi connectivity index (χ1v) is 7.89. The second-order valence-corrected chi connectivity index (χ2v) is 5.92. The lowest BCUT2D eigenvalue weighted by Gasteiger charge is -2.32. The van der Waals surface area contributed by atoms with Crippen molar-refractivity contribution in [3.8, 4) is 5.75 Å². The number of benzene rings is 1. The summed E-state index contributed by atoms with van der Waals surface area (Å²) in [6, 6.07) is 3.25. The lowest BCUT2D eigenvalue weighted by molar-refractivity contribution is -0.140. The van der Waals surface area contributed by atoms with Crippen molar-refractivity contribution in [2.24, 2.45) is 0 Å². The van der Waals surface area contributed by atoms with Crippen molar-refractivity contribution in [1.29, 1.82) is 0 Å². The molecule has 0 radical (unpaired) electrons. The van der Waals surface area contributed by atoms with E-state index >= 15 is 0 Å². The lowest BCUT2D eigenvalue weighted by Crippen LogP contribution is -2.39. The number of carbonyl (C=O) groups excluding carboxylic acids is 2. The second-order valence-electron chi connectivity index (χ2n) is 4.65. The molecule has 0 atom stereocenters. The topological polar surface area (TPSA) is 74.3 Å². The Labute approximate surface area is 152 Å². The van der Waals surface area contributed by atoms with Gasteiger partial charge in [-0.1, -0.05) is 11.6 Å². The monoisotopic (exact) mass is 419 g/mol. The molecule has 0 unspecified atom stereocenters. The summed E-state index contributed by atoms with van der Waals surface area (Å²) in [6.45, 7) is -0.0235. The number of nitrogens with zero attached hydrogens (tertiary/aromatic N) is 1. The summed E-state index contributed by atoms with van der Waals surface area (Å²) in [5.74, 6) is -0.944. The van der Waals surface area contributed by atoms with Gasteiger partial charge in [-0.25, -0.2) is 9.59 Å². The number of anilines is 1. The van der Waals surface area contributed by atoms with Crippen LogP contribution in [0.15, 0.2) is 27.9 Å². The Kier molecular flexibility index (Phi) is 6.09. The zero-order chi connectivity index (χ0) is 17.9. The highest BCUT2D eigenvalue weighted by Gasteiger charge is 2.33. The molecule has 1 aromatic rings. The highest BCUT2D eigenvalue weighted by molar-refractivity contribution is 9.10.